The molecule has 0 aliphatic heterocycles. The molecule has 10 nitrogen and oxygen atoms in total. The van der Waals surface area contributed by atoms with Gasteiger partial charge in [-0.3, -0.25) is 4.68 Å². The zero-order valence-electron chi connectivity index (χ0n) is 18.0. The SMILES string of the molecule is C=Cc1ccccc1OCCOCc1c(-c2ncc3c(n2)c(Br)nn3S(C)(=O)=O)cnn1C. The largest absolute Gasteiger partial charge is 0.491 e. The lowest BCUT2D eigenvalue weighted by Crippen LogP contribution is -2.11. The van der Waals surface area contributed by atoms with Crippen LogP contribution in [0.25, 0.3) is 28.5 Å². The molecular formula is C21H21BrN6O4S. The lowest BCUT2D eigenvalue weighted by Gasteiger charge is -2.10. The Balaban J connectivity index is 1.48. The Morgan fingerprint density at radius 2 is 2.00 bits per heavy atom. The van der Waals surface area contributed by atoms with E-state index in [9.17, 15) is 8.42 Å². The average molecular weight is 533 g/mol. The monoisotopic (exact) mass is 532 g/mol. The van der Waals surface area contributed by atoms with Crippen LogP contribution in [0.1, 0.15) is 11.3 Å². The number of aryl methyl sites for hydroxylation is 1. The summed E-state index contributed by atoms with van der Waals surface area (Å²) in [5.41, 5.74) is 3.04. The van der Waals surface area contributed by atoms with Gasteiger partial charge in [0.05, 0.1) is 43.1 Å². The van der Waals surface area contributed by atoms with Gasteiger partial charge in [-0.2, -0.15) is 9.19 Å². The first-order chi connectivity index (χ1) is 15.8. The van der Waals surface area contributed by atoms with Crippen molar-refractivity contribution >= 4 is 43.1 Å². The number of hydrogen-bond donors (Lipinski definition) is 0. The van der Waals surface area contributed by atoms with Crippen molar-refractivity contribution in [3.63, 3.8) is 0 Å². The van der Waals surface area contributed by atoms with E-state index in [4.69, 9.17) is 9.47 Å². The Bertz CT molecular complexity index is 1430. The third kappa shape index (κ3) is 4.82. The topological polar surface area (TPSA) is 114 Å². The van der Waals surface area contributed by atoms with E-state index >= 15 is 0 Å². The van der Waals surface area contributed by atoms with Crippen molar-refractivity contribution in [1.29, 1.82) is 0 Å². The fourth-order valence-electron chi connectivity index (χ4n) is 3.21. The average Bonchev–Trinajstić information content (AvgIpc) is 3.33. The van der Waals surface area contributed by atoms with Gasteiger partial charge in [-0.05, 0) is 22.0 Å². The highest BCUT2D eigenvalue weighted by atomic mass is 79.9. The van der Waals surface area contributed by atoms with Crippen LogP contribution < -0.4 is 4.74 Å². The zero-order valence-corrected chi connectivity index (χ0v) is 20.4. The molecule has 0 aliphatic carbocycles. The highest BCUT2D eigenvalue weighted by Crippen LogP contribution is 2.27. The summed E-state index contributed by atoms with van der Waals surface area (Å²) in [6.45, 7) is 4.79. The van der Waals surface area contributed by atoms with Crippen LogP contribution >= 0.6 is 15.9 Å². The summed E-state index contributed by atoms with van der Waals surface area (Å²) in [5, 5.41) is 8.30. The maximum Gasteiger partial charge on any atom is 0.251 e. The number of halogens is 1. The Labute approximate surface area is 199 Å². The Morgan fingerprint density at radius 3 is 2.76 bits per heavy atom. The van der Waals surface area contributed by atoms with Crippen LogP contribution in [-0.2, 0) is 28.4 Å². The van der Waals surface area contributed by atoms with Gasteiger partial charge in [-0.15, -0.1) is 5.10 Å². The van der Waals surface area contributed by atoms with Crippen molar-refractivity contribution in [1.82, 2.24) is 28.9 Å². The quantitative estimate of drug-likeness (QED) is 0.302. The van der Waals surface area contributed by atoms with Gasteiger partial charge in [0.25, 0.3) is 10.0 Å². The molecular weight excluding hydrogens is 512 g/mol. The van der Waals surface area contributed by atoms with E-state index in [1.807, 2.05) is 24.3 Å². The molecule has 0 atom stereocenters. The van der Waals surface area contributed by atoms with E-state index in [0.717, 1.165) is 27.3 Å². The van der Waals surface area contributed by atoms with Crippen molar-refractivity contribution in [3.8, 4) is 17.1 Å². The summed E-state index contributed by atoms with van der Waals surface area (Å²) in [6.07, 6.45) is 5.88. The first-order valence-electron chi connectivity index (χ1n) is 9.84. The van der Waals surface area contributed by atoms with Crippen LogP contribution in [0.2, 0.25) is 0 Å². The van der Waals surface area contributed by atoms with E-state index in [2.05, 4.69) is 42.7 Å². The van der Waals surface area contributed by atoms with Gasteiger partial charge in [0.15, 0.2) is 10.4 Å². The molecule has 0 unspecified atom stereocenters. The van der Waals surface area contributed by atoms with E-state index < -0.39 is 10.0 Å². The van der Waals surface area contributed by atoms with E-state index in [-0.39, 0.29) is 12.1 Å². The molecule has 4 aromatic rings. The number of fused-ring (bicyclic) bond motifs is 1. The van der Waals surface area contributed by atoms with Gasteiger partial charge >= 0.3 is 0 Å². The van der Waals surface area contributed by atoms with Crippen molar-refractivity contribution in [2.45, 2.75) is 6.61 Å². The number of benzene rings is 1. The molecule has 0 bridgehead atoms. The Hall–Kier alpha value is -3.09. The number of hydrogen-bond acceptors (Lipinski definition) is 8. The molecule has 0 saturated heterocycles. The Morgan fingerprint density at radius 1 is 1.21 bits per heavy atom. The van der Waals surface area contributed by atoms with Crippen molar-refractivity contribution < 1.29 is 17.9 Å². The number of aromatic nitrogens is 6. The van der Waals surface area contributed by atoms with Crippen LogP contribution in [0, 0.1) is 0 Å². The van der Waals surface area contributed by atoms with Gasteiger partial charge < -0.3 is 9.47 Å². The third-order valence-corrected chi connectivity index (χ3v) is 6.27. The minimum Gasteiger partial charge on any atom is -0.491 e. The molecule has 0 fully saturated rings. The summed E-state index contributed by atoms with van der Waals surface area (Å²) in [7, 11) is -1.79. The first-order valence-corrected chi connectivity index (χ1v) is 12.5. The molecule has 33 heavy (non-hydrogen) atoms. The zero-order chi connectivity index (χ0) is 23.6. The molecule has 4 rings (SSSR count). The molecule has 0 N–H and O–H groups in total. The number of nitrogens with zero attached hydrogens (tertiary/aromatic N) is 6. The second kappa shape index (κ2) is 9.41. The molecule has 3 heterocycles. The van der Waals surface area contributed by atoms with Gasteiger partial charge in [0.1, 0.15) is 23.4 Å². The third-order valence-electron chi connectivity index (χ3n) is 4.83. The maximum absolute atomic E-state index is 11.9. The van der Waals surface area contributed by atoms with E-state index in [1.165, 1.54) is 6.20 Å². The molecule has 3 aromatic heterocycles. The molecule has 172 valence electrons. The lowest BCUT2D eigenvalue weighted by atomic mass is 10.2. The van der Waals surface area contributed by atoms with Gasteiger partial charge in [-0.1, -0.05) is 30.9 Å². The molecule has 0 amide bonds. The van der Waals surface area contributed by atoms with Crippen LogP contribution in [0.5, 0.6) is 5.75 Å². The van der Waals surface area contributed by atoms with E-state index in [0.29, 0.717) is 34.7 Å². The van der Waals surface area contributed by atoms with Crippen LogP contribution in [0.15, 0.2) is 47.8 Å². The molecule has 0 aliphatic rings. The summed E-state index contributed by atoms with van der Waals surface area (Å²) >= 11 is 3.28. The second-order valence-electron chi connectivity index (χ2n) is 7.10. The van der Waals surface area contributed by atoms with Crippen LogP contribution in [0.3, 0.4) is 0 Å². The van der Waals surface area contributed by atoms with Crippen LogP contribution in [0.4, 0.5) is 0 Å². The van der Waals surface area contributed by atoms with Crippen LogP contribution in [-0.4, -0.2) is 56.8 Å². The van der Waals surface area contributed by atoms with Crippen molar-refractivity contribution in [3.05, 3.63) is 59.1 Å². The highest BCUT2D eigenvalue weighted by Gasteiger charge is 2.20. The summed E-state index contributed by atoms with van der Waals surface area (Å²) in [5.74, 6) is 1.14. The smallest absolute Gasteiger partial charge is 0.251 e. The predicted octanol–water partition coefficient (Wildman–Crippen LogP) is 3.04. The summed E-state index contributed by atoms with van der Waals surface area (Å²) in [4.78, 5) is 8.85. The Kier molecular flexibility index (Phi) is 6.58. The normalized spacial score (nSPS) is 11.7. The standard InChI is InChI=1S/C21H21BrN6O4S/c1-4-14-7-5-6-8-18(14)32-10-9-31-13-17-15(11-24-27(17)2)21-23-12-16-19(25-21)20(22)26-28(16)33(3,29)30/h4-8,11-12H,1,9-10,13H2,2-3H3. The fourth-order valence-corrected chi connectivity index (χ4v) is 4.49. The molecule has 12 heteroatoms. The minimum atomic E-state index is -3.59. The predicted molar refractivity (Wildman–Crippen MR) is 127 cm³/mol. The fraction of sp³-hybridized carbons (Fsp3) is 0.238. The minimum absolute atomic E-state index is 0.267. The molecule has 1 aromatic carbocycles. The number of ether oxygens (including phenoxy) is 2. The van der Waals surface area contributed by atoms with Gasteiger partial charge in [0.2, 0.25) is 0 Å². The molecule has 0 spiro atoms. The molecule has 0 radical (unpaired) electrons. The highest BCUT2D eigenvalue weighted by molar-refractivity contribution is 9.10. The van der Waals surface area contributed by atoms with Crippen molar-refractivity contribution in [2.75, 3.05) is 19.5 Å². The number of para-hydroxylation sites is 1. The number of rotatable bonds is 9. The van der Waals surface area contributed by atoms with E-state index in [1.54, 1.807) is 24.0 Å². The lowest BCUT2D eigenvalue weighted by molar-refractivity contribution is 0.0852. The maximum atomic E-state index is 11.9. The summed E-state index contributed by atoms with van der Waals surface area (Å²) < 4.78 is 38.4. The van der Waals surface area contributed by atoms with Gasteiger partial charge in [0, 0.05) is 12.6 Å². The molecule has 0 saturated carbocycles. The van der Waals surface area contributed by atoms with Gasteiger partial charge in [-0.25, -0.2) is 18.4 Å². The first kappa shape index (κ1) is 23.1. The summed E-state index contributed by atoms with van der Waals surface area (Å²) in [6, 6.07) is 7.64. The second-order valence-corrected chi connectivity index (χ2v) is 9.66. The van der Waals surface area contributed by atoms with Crippen molar-refractivity contribution in [2.24, 2.45) is 7.05 Å².